The summed E-state index contributed by atoms with van der Waals surface area (Å²) in [4.78, 5) is 0. The molecule has 168 valence electrons. The van der Waals surface area contributed by atoms with E-state index in [0.29, 0.717) is 26.4 Å². The Labute approximate surface area is 191 Å². The van der Waals surface area contributed by atoms with Gasteiger partial charge >= 0.3 is 0 Å². The predicted octanol–water partition coefficient (Wildman–Crippen LogP) is 5.55. The van der Waals surface area contributed by atoms with Crippen molar-refractivity contribution >= 4 is 0 Å². The van der Waals surface area contributed by atoms with Crippen molar-refractivity contribution in [2.24, 2.45) is 0 Å². The minimum Gasteiger partial charge on any atom is -0.374 e. The van der Waals surface area contributed by atoms with E-state index in [2.05, 4.69) is 43.3 Å². The van der Waals surface area contributed by atoms with Crippen LogP contribution >= 0.6 is 0 Å². The number of hydrogen-bond donors (Lipinski definition) is 0. The van der Waals surface area contributed by atoms with Crippen LogP contribution in [0.25, 0.3) is 0 Å². The fourth-order valence-electron chi connectivity index (χ4n) is 4.07. The van der Waals surface area contributed by atoms with Crippen LogP contribution in [0.2, 0.25) is 0 Å². The van der Waals surface area contributed by atoms with Crippen molar-refractivity contribution in [3.05, 3.63) is 108 Å². The molecule has 32 heavy (non-hydrogen) atoms. The maximum absolute atomic E-state index is 6.37. The second kappa shape index (κ2) is 11.9. The number of benzene rings is 3. The molecule has 0 unspecified atom stereocenters. The van der Waals surface area contributed by atoms with Crippen molar-refractivity contribution in [2.45, 2.75) is 57.6 Å². The minimum absolute atomic E-state index is 0.0222. The maximum atomic E-state index is 6.37. The van der Waals surface area contributed by atoms with Crippen LogP contribution in [-0.4, -0.2) is 31.0 Å². The van der Waals surface area contributed by atoms with Crippen molar-refractivity contribution in [1.82, 2.24) is 0 Å². The van der Waals surface area contributed by atoms with E-state index in [1.54, 1.807) is 0 Å². The van der Waals surface area contributed by atoms with Crippen molar-refractivity contribution in [1.29, 1.82) is 0 Å². The van der Waals surface area contributed by atoms with Gasteiger partial charge in [0.2, 0.25) is 0 Å². The normalized spacial score (nSPS) is 23.2. The Hall–Kier alpha value is -2.50. The van der Waals surface area contributed by atoms with E-state index in [-0.39, 0.29) is 24.4 Å². The summed E-state index contributed by atoms with van der Waals surface area (Å²) in [6.07, 6.45) is 0.438. The Kier molecular flexibility index (Phi) is 8.46. The van der Waals surface area contributed by atoms with E-state index in [1.165, 1.54) is 0 Å². The molecule has 1 fully saturated rings. The first-order valence-electron chi connectivity index (χ1n) is 11.4. The molecule has 3 aromatic rings. The zero-order valence-electron chi connectivity index (χ0n) is 18.6. The Morgan fingerprint density at radius 1 is 0.688 bits per heavy atom. The first-order chi connectivity index (χ1) is 15.8. The molecule has 3 aromatic carbocycles. The lowest BCUT2D eigenvalue weighted by atomic mass is 9.98. The lowest BCUT2D eigenvalue weighted by Crippen LogP contribution is -2.50. The Bertz CT molecular complexity index is 900. The number of hydrogen-bond acceptors (Lipinski definition) is 4. The summed E-state index contributed by atoms with van der Waals surface area (Å²) >= 11 is 0. The van der Waals surface area contributed by atoms with Gasteiger partial charge in [0.1, 0.15) is 6.10 Å². The Morgan fingerprint density at radius 2 is 1.19 bits per heavy atom. The molecule has 0 aromatic heterocycles. The van der Waals surface area contributed by atoms with Gasteiger partial charge in [0, 0.05) is 6.42 Å². The molecule has 0 bridgehead atoms. The molecule has 0 radical (unpaired) electrons. The van der Waals surface area contributed by atoms with Gasteiger partial charge in [-0.05, 0) is 23.6 Å². The summed E-state index contributed by atoms with van der Waals surface area (Å²) in [7, 11) is 0. The first kappa shape index (κ1) is 22.7. The number of rotatable bonds is 10. The van der Waals surface area contributed by atoms with Gasteiger partial charge in [-0.15, -0.1) is 0 Å². The van der Waals surface area contributed by atoms with Crippen molar-refractivity contribution in [3.8, 4) is 0 Å². The highest BCUT2D eigenvalue weighted by molar-refractivity contribution is 5.15. The third kappa shape index (κ3) is 6.75. The average Bonchev–Trinajstić information content (AvgIpc) is 2.84. The van der Waals surface area contributed by atoms with Gasteiger partial charge in [-0.25, -0.2) is 0 Å². The molecule has 0 N–H and O–H groups in total. The number of ether oxygens (including phenoxy) is 4. The van der Waals surface area contributed by atoms with Gasteiger partial charge in [0.25, 0.3) is 0 Å². The molecule has 1 saturated heterocycles. The topological polar surface area (TPSA) is 36.9 Å². The largest absolute Gasteiger partial charge is 0.374 e. The van der Waals surface area contributed by atoms with Gasteiger partial charge in [-0.3, -0.25) is 0 Å². The highest BCUT2D eigenvalue weighted by Gasteiger charge is 2.38. The molecule has 1 heterocycles. The molecule has 1 aliphatic heterocycles. The molecule has 4 atom stereocenters. The molecule has 4 nitrogen and oxygen atoms in total. The first-order valence-corrected chi connectivity index (χ1v) is 11.4. The van der Waals surface area contributed by atoms with Crippen LogP contribution in [0, 0.1) is 0 Å². The van der Waals surface area contributed by atoms with E-state index in [9.17, 15) is 0 Å². The molecule has 0 spiro atoms. The molecular formula is C28H32O4. The van der Waals surface area contributed by atoms with E-state index < -0.39 is 0 Å². The average molecular weight is 433 g/mol. The maximum Gasteiger partial charge on any atom is 0.110 e. The van der Waals surface area contributed by atoms with Crippen molar-refractivity contribution in [3.63, 3.8) is 0 Å². The van der Waals surface area contributed by atoms with Crippen molar-refractivity contribution < 1.29 is 18.9 Å². The second-order valence-corrected chi connectivity index (χ2v) is 8.30. The smallest absolute Gasteiger partial charge is 0.110 e. The lowest BCUT2D eigenvalue weighted by Gasteiger charge is -2.40. The van der Waals surface area contributed by atoms with Crippen LogP contribution in [0.3, 0.4) is 0 Å². The highest BCUT2D eigenvalue weighted by Crippen LogP contribution is 2.27. The SMILES string of the molecule is C[C@H]1O[C@H](COCc2ccccc2)C[C@H](OCc2ccccc2)[C@@H]1OCc1ccccc1. The summed E-state index contributed by atoms with van der Waals surface area (Å²) in [5.74, 6) is 0. The van der Waals surface area contributed by atoms with E-state index in [4.69, 9.17) is 18.9 Å². The summed E-state index contributed by atoms with van der Waals surface area (Å²) in [6, 6.07) is 30.7. The molecular weight excluding hydrogens is 400 g/mol. The zero-order chi connectivity index (χ0) is 22.0. The zero-order valence-corrected chi connectivity index (χ0v) is 18.6. The summed E-state index contributed by atoms with van der Waals surface area (Å²) < 4.78 is 24.9. The molecule has 4 rings (SSSR count). The predicted molar refractivity (Wildman–Crippen MR) is 125 cm³/mol. The van der Waals surface area contributed by atoms with Gasteiger partial charge in [0.15, 0.2) is 0 Å². The molecule has 0 amide bonds. The molecule has 4 heteroatoms. The van der Waals surface area contributed by atoms with Crippen LogP contribution in [0.4, 0.5) is 0 Å². The van der Waals surface area contributed by atoms with Crippen LogP contribution in [0.5, 0.6) is 0 Å². The van der Waals surface area contributed by atoms with Crippen LogP contribution in [0.15, 0.2) is 91.0 Å². The van der Waals surface area contributed by atoms with Crippen molar-refractivity contribution in [2.75, 3.05) is 6.61 Å². The monoisotopic (exact) mass is 432 g/mol. The highest BCUT2D eigenvalue weighted by atomic mass is 16.6. The molecule has 0 aliphatic carbocycles. The van der Waals surface area contributed by atoms with E-state index in [0.717, 1.165) is 23.1 Å². The van der Waals surface area contributed by atoms with Crippen LogP contribution in [0.1, 0.15) is 30.0 Å². The standard InChI is InChI=1S/C28H32O4/c1-22-28(31-20-25-15-9-4-10-16-25)27(30-19-24-13-7-3-8-14-24)17-26(32-22)21-29-18-23-11-5-2-6-12-23/h2-16,22,26-28H,17-21H2,1H3/t22-,26+,27+,28-/m1/s1. The third-order valence-corrected chi connectivity index (χ3v) is 5.74. The van der Waals surface area contributed by atoms with Gasteiger partial charge < -0.3 is 18.9 Å². The Morgan fingerprint density at radius 3 is 1.75 bits per heavy atom. The van der Waals surface area contributed by atoms with Crippen LogP contribution in [-0.2, 0) is 38.8 Å². The van der Waals surface area contributed by atoms with E-state index >= 15 is 0 Å². The third-order valence-electron chi connectivity index (χ3n) is 5.74. The Balaban J connectivity index is 1.36. The fraction of sp³-hybridized carbons (Fsp3) is 0.357. The quantitative estimate of drug-likeness (QED) is 0.421. The molecule has 0 saturated carbocycles. The van der Waals surface area contributed by atoms with E-state index in [1.807, 2.05) is 54.6 Å². The summed E-state index contributed by atoms with van der Waals surface area (Å²) in [5, 5.41) is 0. The van der Waals surface area contributed by atoms with Gasteiger partial charge in [-0.2, -0.15) is 0 Å². The molecule has 1 aliphatic rings. The minimum atomic E-state index is -0.135. The summed E-state index contributed by atoms with van der Waals surface area (Å²) in [6.45, 7) is 4.28. The van der Waals surface area contributed by atoms with Gasteiger partial charge in [0.05, 0.1) is 44.7 Å². The van der Waals surface area contributed by atoms with Crippen LogP contribution < -0.4 is 0 Å². The summed E-state index contributed by atoms with van der Waals surface area (Å²) in [5.41, 5.74) is 3.47. The fourth-order valence-corrected chi connectivity index (χ4v) is 4.07. The second-order valence-electron chi connectivity index (χ2n) is 8.30. The van der Waals surface area contributed by atoms with Gasteiger partial charge in [-0.1, -0.05) is 91.0 Å². The lowest BCUT2D eigenvalue weighted by molar-refractivity contribution is -0.211.